The summed E-state index contributed by atoms with van der Waals surface area (Å²) in [5.74, 6) is 0.779. The Hall–Kier alpha value is -3.11. The first kappa shape index (κ1) is 19.2. The average Bonchev–Trinajstić information content (AvgIpc) is 3.03. The van der Waals surface area contributed by atoms with Crippen molar-refractivity contribution in [2.45, 2.75) is 26.8 Å². The fraction of sp³-hybridized carbons (Fsp3) is 0.167. The standard InChI is InChI=1S/C24H22ClN3O/c1-16-7-12-20(17(2)13-16)27-24(29)15-28-22-6-4-3-5-21(22)26-23(28)14-18-8-10-19(25)11-9-18/h3-13H,14-15H2,1-2H3,(H,27,29). The molecule has 0 bridgehead atoms. The van der Waals surface area contributed by atoms with Gasteiger partial charge in [0.1, 0.15) is 12.4 Å². The molecule has 0 aliphatic rings. The van der Waals surface area contributed by atoms with Crippen LogP contribution in [0.1, 0.15) is 22.5 Å². The predicted molar refractivity (Wildman–Crippen MR) is 119 cm³/mol. The van der Waals surface area contributed by atoms with Crippen molar-refractivity contribution in [3.05, 3.63) is 94.3 Å². The maximum atomic E-state index is 12.8. The summed E-state index contributed by atoms with van der Waals surface area (Å²) in [5, 5.41) is 3.74. The number of anilines is 1. The highest BCUT2D eigenvalue weighted by atomic mass is 35.5. The molecule has 0 radical (unpaired) electrons. The Kier molecular flexibility index (Phi) is 5.36. The van der Waals surface area contributed by atoms with Crippen LogP contribution in [0.2, 0.25) is 5.02 Å². The second-order valence-corrected chi connectivity index (χ2v) is 7.71. The Labute approximate surface area is 175 Å². The molecule has 0 saturated heterocycles. The maximum absolute atomic E-state index is 12.8. The van der Waals surface area contributed by atoms with Crippen LogP contribution in [0.5, 0.6) is 0 Å². The molecule has 1 N–H and O–H groups in total. The van der Waals surface area contributed by atoms with E-state index in [-0.39, 0.29) is 12.5 Å². The first-order chi connectivity index (χ1) is 14.0. The monoisotopic (exact) mass is 403 g/mol. The summed E-state index contributed by atoms with van der Waals surface area (Å²) in [6.07, 6.45) is 0.628. The van der Waals surface area contributed by atoms with Crippen LogP contribution in [0.4, 0.5) is 5.69 Å². The average molecular weight is 404 g/mol. The van der Waals surface area contributed by atoms with E-state index >= 15 is 0 Å². The zero-order valence-electron chi connectivity index (χ0n) is 16.4. The fourth-order valence-electron chi connectivity index (χ4n) is 3.51. The van der Waals surface area contributed by atoms with Crippen LogP contribution < -0.4 is 5.32 Å². The van der Waals surface area contributed by atoms with Crippen LogP contribution >= 0.6 is 11.6 Å². The lowest BCUT2D eigenvalue weighted by Gasteiger charge is -2.12. The Morgan fingerprint density at radius 1 is 1.03 bits per heavy atom. The molecule has 0 aliphatic heterocycles. The largest absolute Gasteiger partial charge is 0.324 e. The Morgan fingerprint density at radius 2 is 1.79 bits per heavy atom. The van der Waals surface area contributed by atoms with Crippen molar-refractivity contribution in [2.75, 3.05) is 5.32 Å². The third-order valence-corrected chi connectivity index (χ3v) is 5.22. The number of hydrogen-bond donors (Lipinski definition) is 1. The number of rotatable bonds is 5. The van der Waals surface area contributed by atoms with Crippen molar-refractivity contribution < 1.29 is 4.79 Å². The molecule has 0 unspecified atom stereocenters. The first-order valence-electron chi connectivity index (χ1n) is 9.55. The topological polar surface area (TPSA) is 46.9 Å². The number of aryl methyl sites for hydroxylation is 2. The summed E-state index contributed by atoms with van der Waals surface area (Å²) in [4.78, 5) is 17.6. The lowest BCUT2D eigenvalue weighted by Crippen LogP contribution is -2.20. The molecule has 0 saturated carbocycles. The van der Waals surface area contributed by atoms with Crippen molar-refractivity contribution in [3.63, 3.8) is 0 Å². The third-order valence-electron chi connectivity index (χ3n) is 4.97. The normalized spacial score (nSPS) is 11.0. The van der Waals surface area contributed by atoms with Gasteiger partial charge in [-0.1, -0.05) is 53.6 Å². The zero-order valence-corrected chi connectivity index (χ0v) is 17.2. The van der Waals surface area contributed by atoms with E-state index in [0.717, 1.165) is 33.7 Å². The van der Waals surface area contributed by atoms with Gasteiger partial charge in [-0.05, 0) is 55.3 Å². The van der Waals surface area contributed by atoms with Gasteiger partial charge in [0.05, 0.1) is 11.0 Å². The number of hydrogen-bond acceptors (Lipinski definition) is 2. The summed E-state index contributed by atoms with van der Waals surface area (Å²) in [6, 6.07) is 21.6. The van der Waals surface area contributed by atoms with E-state index < -0.39 is 0 Å². The second-order valence-electron chi connectivity index (χ2n) is 7.27. The van der Waals surface area contributed by atoms with Gasteiger partial charge in [-0.3, -0.25) is 4.79 Å². The van der Waals surface area contributed by atoms with Crippen molar-refractivity contribution >= 4 is 34.2 Å². The number of halogens is 1. The molecule has 1 heterocycles. The SMILES string of the molecule is Cc1ccc(NC(=O)Cn2c(Cc3ccc(Cl)cc3)nc3ccccc32)c(C)c1. The van der Waals surface area contributed by atoms with Gasteiger partial charge in [-0.15, -0.1) is 0 Å². The number of nitrogens with zero attached hydrogens (tertiary/aromatic N) is 2. The number of benzene rings is 3. The number of fused-ring (bicyclic) bond motifs is 1. The molecule has 0 atom stereocenters. The van der Waals surface area contributed by atoms with E-state index in [2.05, 4.69) is 11.4 Å². The Morgan fingerprint density at radius 3 is 2.55 bits per heavy atom. The minimum atomic E-state index is -0.0718. The van der Waals surface area contributed by atoms with Gasteiger partial charge in [0.25, 0.3) is 0 Å². The second kappa shape index (κ2) is 8.10. The van der Waals surface area contributed by atoms with E-state index in [9.17, 15) is 4.79 Å². The lowest BCUT2D eigenvalue weighted by atomic mass is 10.1. The summed E-state index contributed by atoms with van der Waals surface area (Å²) in [7, 11) is 0. The molecule has 4 rings (SSSR count). The zero-order chi connectivity index (χ0) is 20.4. The molecule has 5 heteroatoms. The maximum Gasteiger partial charge on any atom is 0.244 e. The van der Waals surface area contributed by atoms with E-state index in [1.165, 1.54) is 5.56 Å². The van der Waals surface area contributed by atoms with E-state index in [0.29, 0.717) is 11.4 Å². The van der Waals surface area contributed by atoms with Crippen LogP contribution in [-0.4, -0.2) is 15.5 Å². The van der Waals surface area contributed by atoms with Crippen LogP contribution in [0.15, 0.2) is 66.7 Å². The van der Waals surface area contributed by atoms with Gasteiger partial charge < -0.3 is 9.88 Å². The molecule has 4 nitrogen and oxygen atoms in total. The summed E-state index contributed by atoms with van der Waals surface area (Å²) < 4.78 is 1.99. The minimum absolute atomic E-state index is 0.0718. The summed E-state index contributed by atoms with van der Waals surface area (Å²) >= 11 is 6.00. The molecule has 4 aromatic rings. The van der Waals surface area contributed by atoms with Crippen molar-refractivity contribution in [2.24, 2.45) is 0 Å². The highest BCUT2D eigenvalue weighted by molar-refractivity contribution is 6.30. The van der Waals surface area contributed by atoms with Crippen LogP contribution in [0, 0.1) is 13.8 Å². The molecular formula is C24H22ClN3O. The summed E-state index contributed by atoms with van der Waals surface area (Å²) in [5.41, 5.74) is 6.00. The minimum Gasteiger partial charge on any atom is -0.324 e. The van der Waals surface area contributed by atoms with Crippen molar-refractivity contribution in [3.8, 4) is 0 Å². The molecule has 3 aromatic carbocycles. The molecule has 1 aromatic heterocycles. The third kappa shape index (κ3) is 4.33. The van der Waals surface area contributed by atoms with Gasteiger partial charge in [-0.2, -0.15) is 0 Å². The van der Waals surface area contributed by atoms with Crippen molar-refractivity contribution in [1.82, 2.24) is 9.55 Å². The van der Waals surface area contributed by atoms with Gasteiger partial charge in [0.15, 0.2) is 0 Å². The number of carbonyl (C=O) groups excluding carboxylic acids is 1. The smallest absolute Gasteiger partial charge is 0.244 e. The molecule has 1 amide bonds. The number of imidazole rings is 1. The number of nitrogens with one attached hydrogen (secondary N) is 1. The molecule has 146 valence electrons. The number of amides is 1. The van der Waals surface area contributed by atoms with E-state index in [4.69, 9.17) is 16.6 Å². The number of para-hydroxylation sites is 2. The number of aromatic nitrogens is 2. The molecule has 0 aliphatic carbocycles. The Balaban J connectivity index is 1.62. The molecule has 0 spiro atoms. The fourth-order valence-corrected chi connectivity index (χ4v) is 3.63. The highest BCUT2D eigenvalue weighted by Crippen LogP contribution is 2.21. The van der Waals surface area contributed by atoms with E-state index in [1.807, 2.05) is 79.1 Å². The molecular weight excluding hydrogens is 382 g/mol. The van der Waals surface area contributed by atoms with E-state index in [1.54, 1.807) is 0 Å². The van der Waals surface area contributed by atoms with Crippen LogP contribution in [0.25, 0.3) is 11.0 Å². The quantitative estimate of drug-likeness (QED) is 0.475. The van der Waals surface area contributed by atoms with Gasteiger partial charge in [-0.25, -0.2) is 4.98 Å². The lowest BCUT2D eigenvalue weighted by molar-refractivity contribution is -0.116. The number of carbonyl (C=O) groups is 1. The van der Waals surface area contributed by atoms with Crippen LogP contribution in [-0.2, 0) is 17.8 Å². The van der Waals surface area contributed by atoms with Gasteiger partial charge in [0, 0.05) is 17.1 Å². The van der Waals surface area contributed by atoms with Crippen molar-refractivity contribution in [1.29, 1.82) is 0 Å². The first-order valence-corrected chi connectivity index (χ1v) is 9.93. The van der Waals surface area contributed by atoms with Crippen LogP contribution in [0.3, 0.4) is 0 Å². The van der Waals surface area contributed by atoms with Gasteiger partial charge in [0.2, 0.25) is 5.91 Å². The summed E-state index contributed by atoms with van der Waals surface area (Å²) in [6.45, 7) is 4.25. The predicted octanol–water partition coefficient (Wildman–Crippen LogP) is 5.54. The highest BCUT2D eigenvalue weighted by Gasteiger charge is 2.15. The van der Waals surface area contributed by atoms with Gasteiger partial charge >= 0.3 is 0 Å². The molecule has 29 heavy (non-hydrogen) atoms. The molecule has 0 fully saturated rings. The Bertz CT molecular complexity index is 1180.